The van der Waals surface area contributed by atoms with Crippen molar-refractivity contribution in [3.05, 3.63) is 23.7 Å². The minimum absolute atomic E-state index is 0.669. The van der Waals surface area contributed by atoms with Gasteiger partial charge in [0.2, 0.25) is 0 Å². The van der Waals surface area contributed by atoms with Crippen LogP contribution in [0.5, 0.6) is 0 Å². The molecule has 0 bridgehead atoms. The SMILES string of the molecule is CCC(CC1CC1)NCc1occc1C. The molecule has 0 radical (unpaired) electrons. The Hall–Kier alpha value is -0.760. The number of rotatable bonds is 6. The van der Waals surface area contributed by atoms with Gasteiger partial charge in [-0.25, -0.2) is 0 Å². The van der Waals surface area contributed by atoms with Crippen molar-refractivity contribution in [1.82, 2.24) is 5.32 Å². The summed E-state index contributed by atoms with van der Waals surface area (Å²) in [6, 6.07) is 2.70. The fraction of sp³-hybridized carbons (Fsp3) is 0.692. The standard InChI is InChI=1S/C13H21NO/c1-3-12(8-11-4-5-11)14-9-13-10(2)6-7-15-13/h6-7,11-12,14H,3-5,8-9H2,1-2H3. The molecular formula is C13H21NO. The Morgan fingerprint density at radius 2 is 2.33 bits per heavy atom. The first-order chi connectivity index (χ1) is 7.29. The molecule has 84 valence electrons. The van der Waals surface area contributed by atoms with E-state index in [1.54, 1.807) is 6.26 Å². The van der Waals surface area contributed by atoms with E-state index in [4.69, 9.17) is 4.42 Å². The van der Waals surface area contributed by atoms with Crippen molar-refractivity contribution in [3.63, 3.8) is 0 Å². The molecule has 1 aliphatic rings. The monoisotopic (exact) mass is 207 g/mol. The summed E-state index contributed by atoms with van der Waals surface area (Å²) in [7, 11) is 0. The van der Waals surface area contributed by atoms with Crippen LogP contribution in [0.3, 0.4) is 0 Å². The first-order valence-corrected chi connectivity index (χ1v) is 6.06. The molecule has 1 aliphatic carbocycles. The summed E-state index contributed by atoms with van der Waals surface area (Å²) < 4.78 is 5.42. The van der Waals surface area contributed by atoms with E-state index in [9.17, 15) is 0 Å². The summed E-state index contributed by atoms with van der Waals surface area (Å²) in [6.45, 7) is 5.24. The topological polar surface area (TPSA) is 25.2 Å². The molecule has 2 rings (SSSR count). The van der Waals surface area contributed by atoms with Crippen molar-refractivity contribution < 1.29 is 4.42 Å². The summed E-state index contributed by atoms with van der Waals surface area (Å²) in [4.78, 5) is 0. The Morgan fingerprint density at radius 1 is 1.53 bits per heavy atom. The van der Waals surface area contributed by atoms with Crippen LogP contribution in [-0.2, 0) is 6.54 Å². The highest BCUT2D eigenvalue weighted by atomic mass is 16.3. The van der Waals surface area contributed by atoms with E-state index in [0.717, 1.165) is 18.2 Å². The Balaban J connectivity index is 1.77. The summed E-state index contributed by atoms with van der Waals surface area (Å²) in [5.41, 5.74) is 1.25. The van der Waals surface area contributed by atoms with Gasteiger partial charge in [-0.15, -0.1) is 0 Å². The maximum Gasteiger partial charge on any atom is 0.120 e. The molecule has 0 aromatic carbocycles. The van der Waals surface area contributed by atoms with Crippen molar-refractivity contribution in [2.45, 2.75) is 52.1 Å². The molecule has 1 atom stereocenters. The van der Waals surface area contributed by atoms with E-state index < -0.39 is 0 Å². The van der Waals surface area contributed by atoms with Gasteiger partial charge in [0.1, 0.15) is 5.76 Å². The molecule has 15 heavy (non-hydrogen) atoms. The van der Waals surface area contributed by atoms with Gasteiger partial charge in [0.25, 0.3) is 0 Å². The highest BCUT2D eigenvalue weighted by molar-refractivity contribution is 5.14. The van der Waals surface area contributed by atoms with Crippen molar-refractivity contribution in [2.75, 3.05) is 0 Å². The van der Waals surface area contributed by atoms with Crippen molar-refractivity contribution in [1.29, 1.82) is 0 Å². The lowest BCUT2D eigenvalue weighted by Gasteiger charge is -2.15. The smallest absolute Gasteiger partial charge is 0.120 e. The van der Waals surface area contributed by atoms with Crippen molar-refractivity contribution in [3.8, 4) is 0 Å². The number of nitrogens with one attached hydrogen (secondary N) is 1. The van der Waals surface area contributed by atoms with Gasteiger partial charge in [-0.3, -0.25) is 0 Å². The predicted molar refractivity (Wildman–Crippen MR) is 61.7 cm³/mol. The van der Waals surface area contributed by atoms with E-state index in [0.29, 0.717) is 6.04 Å². The maximum atomic E-state index is 5.42. The second-order valence-electron chi connectivity index (χ2n) is 4.69. The lowest BCUT2D eigenvalue weighted by atomic mass is 10.1. The molecule has 1 unspecified atom stereocenters. The van der Waals surface area contributed by atoms with Gasteiger partial charge in [-0.05, 0) is 37.3 Å². The van der Waals surface area contributed by atoms with Gasteiger partial charge in [0.05, 0.1) is 12.8 Å². The molecule has 0 saturated heterocycles. The van der Waals surface area contributed by atoms with E-state index in [1.165, 1.54) is 31.2 Å². The molecule has 0 aliphatic heterocycles. The zero-order valence-corrected chi connectivity index (χ0v) is 9.75. The van der Waals surface area contributed by atoms with Crippen LogP contribution in [0, 0.1) is 12.8 Å². The first kappa shape index (κ1) is 10.7. The molecular weight excluding hydrogens is 186 g/mol. The largest absolute Gasteiger partial charge is 0.468 e. The number of aryl methyl sites for hydroxylation is 1. The quantitative estimate of drug-likeness (QED) is 0.774. The molecule has 1 saturated carbocycles. The van der Waals surface area contributed by atoms with Gasteiger partial charge in [0.15, 0.2) is 0 Å². The zero-order chi connectivity index (χ0) is 10.7. The maximum absolute atomic E-state index is 5.42. The molecule has 2 heteroatoms. The fourth-order valence-electron chi connectivity index (χ4n) is 1.97. The van der Waals surface area contributed by atoms with Crippen LogP contribution in [0.25, 0.3) is 0 Å². The molecule has 1 fully saturated rings. The Morgan fingerprint density at radius 3 is 2.87 bits per heavy atom. The highest BCUT2D eigenvalue weighted by Gasteiger charge is 2.24. The minimum Gasteiger partial charge on any atom is -0.468 e. The van der Waals surface area contributed by atoms with E-state index in [1.807, 2.05) is 6.07 Å². The van der Waals surface area contributed by atoms with Gasteiger partial charge in [-0.1, -0.05) is 19.8 Å². The average molecular weight is 207 g/mol. The zero-order valence-electron chi connectivity index (χ0n) is 9.75. The summed E-state index contributed by atoms with van der Waals surface area (Å²) in [6.07, 6.45) is 7.22. The molecule has 1 N–H and O–H groups in total. The van der Waals surface area contributed by atoms with Gasteiger partial charge < -0.3 is 9.73 Å². The number of hydrogen-bond donors (Lipinski definition) is 1. The van der Waals surface area contributed by atoms with Crippen LogP contribution < -0.4 is 5.32 Å². The van der Waals surface area contributed by atoms with E-state index >= 15 is 0 Å². The van der Waals surface area contributed by atoms with Crippen LogP contribution >= 0.6 is 0 Å². The van der Waals surface area contributed by atoms with Crippen LogP contribution in [0.2, 0.25) is 0 Å². The second-order valence-corrected chi connectivity index (χ2v) is 4.69. The number of hydrogen-bond acceptors (Lipinski definition) is 2. The van der Waals surface area contributed by atoms with Crippen LogP contribution in [-0.4, -0.2) is 6.04 Å². The van der Waals surface area contributed by atoms with Crippen molar-refractivity contribution >= 4 is 0 Å². The highest BCUT2D eigenvalue weighted by Crippen LogP contribution is 2.34. The van der Waals surface area contributed by atoms with E-state index in [-0.39, 0.29) is 0 Å². The van der Waals surface area contributed by atoms with Gasteiger partial charge in [0, 0.05) is 6.04 Å². The first-order valence-electron chi connectivity index (χ1n) is 6.06. The lowest BCUT2D eigenvalue weighted by molar-refractivity contribution is 0.407. The van der Waals surface area contributed by atoms with Crippen LogP contribution in [0.15, 0.2) is 16.7 Å². The predicted octanol–water partition coefficient (Wildman–Crippen LogP) is 3.26. The molecule has 1 aromatic heterocycles. The van der Waals surface area contributed by atoms with Crippen LogP contribution in [0.4, 0.5) is 0 Å². The van der Waals surface area contributed by atoms with Gasteiger partial charge >= 0.3 is 0 Å². The normalized spacial score (nSPS) is 18.0. The molecule has 1 aromatic rings. The molecule has 0 amide bonds. The van der Waals surface area contributed by atoms with Crippen LogP contribution in [0.1, 0.15) is 43.9 Å². The Bertz CT molecular complexity index is 301. The lowest BCUT2D eigenvalue weighted by Crippen LogP contribution is -2.28. The molecule has 0 spiro atoms. The Labute approximate surface area is 92.1 Å². The van der Waals surface area contributed by atoms with Gasteiger partial charge in [-0.2, -0.15) is 0 Å². The molecule has 1 heterocycles. The molecule has 2 nitrogen and oxygen atoms in total. The fourth-order valence-corrected chi connectivity index (χ4v) is 1.97. The number of furan rings is 1. The van der Waals surface area contributed by atoms with Crippen molar-refractivity contribution in [2.24, 2.45) is 5.92 Å². The summed E-state index contributed by atoms with van der Waals surface area (Å²) in [5, 5.41) is 3.59. The third kappa shape index (κ3) is 3.10. The second kappa shape index (κ2) is 4.84. The summed E-state index contributed by atoms with van der Waals surface area (Å²) in [5.74, 6) is 2.09. The third-order valence-electron chi connectivity index (χ3n) is 3.33. The third-order valence-corrected chi connectivity index (χ3v) is 3.33. The average Bonchev–Trinajstić information content (AvgIpc) is 2.96. The Kier molecular flexibility index (Phi) is 3.47. The van der Waals surface area contributed by atoms with E-state index in [2.05, 4.69) is 19.2 Å². The summed E-state index contributed by atoms with van der Waals surface area (Å²) >= 11 is 0. The minimum atomic E-state index is 0.669.